The van der Waals surface area contributed by atoms with Gasteiger partial charge >= 0.3 is 0 Å². The molecular formula is C21H26N2O4S. The van der Waals surface area contributed by atoms with E-state index in [2.05, 4.69) is 5.32 Å². The Balaban J connectivity index is 1.64. The van der Waals surface area contributed by atoms with Crippen LogP contribution in [0.1, 0.15) is 30.9 Å². The largest absolute Gasteiger partial charge is 0.481 e. The SMILES string of the molecule is Cc1cccc(OC(C)C(=O)Nc2ccc(S(=O)(=O)N3CCCC3)cc2)c1C. The van der Waals surface area contributed by atoms with E-state index >= 15 is 0 Å². The summed E-state index contributed by atoms with van der Waals surface area (Å²) in [6, 6.07) is 12.0. The second-order valence-corrected chi connectivity index (χ2v) is 9.02. The normalized spacial score (nSPS) is 16.0. The number of anilines is 1. The number of carbonyl (C=O) groups excluding carboxylic acids is 1. The molecular weight excluding hydrogens is 376 g/mol. The van der Waals surface area contributed by atoms with Gasteiger partial charge in [-0.2, -0.15) is 4.31 Å². The lowest BCUT2D eigenvalue weighted by molar-refractivity contribution is -0.122. The Labute approximate surface area is 166 Å². The fourth-order valence-corrected chi connectivity index (χ4v) is 4.64. The van der Waals surface area contributed by atoms with Crippen LogP contribution in [-0.2, 0) is 14.8 Å². The molecule has 0 radical (unpaired) electrons. The minimum absolute atomic E-state index is 0.243. The Morgan fingerprint density at radius 2 is 1.71 bits per heavy atom. The molecule has 1 fully saturated rings. The van der Waals surface area contributed by atoms with Gasteiger partial charge in [-0.3, -0.25) is 4.79 Å². The van der Waals surface area contributed by atoms with Crippen molar-refractivity contribution in [1.29, 1.82) is 0 Å². The maximum absolute atomic E-state index is 12.6. The van der Waals surface area contributed by atoms with Crippen LogP contribution in [0.4, 0.5) is 5.69 Å². The van der Waals surface area contributed by atoms with E-state index in [-0.39, 0.29) is 10.8 Å². The predicted molar refractivity (Wildman–Crippen MR) is 109 cm³/mol. The van der Waals surface area contributed by atoms with Crippen molar-refractivity contribution in [2.45, 2.75) is 44.6 Å². The topological polar surface area (TPSA) is 75.7 Å². The highest BCUT2D eigenvalue weighted by atomic mass is 32.2. The molecule has 0 aliphatic carbocycles. The van der Waals surface area contributed by atoms with Crippen molar-refractivity contribution >= 4 is 21.6 Å². The highest BCUT2D eigenvalue weighted by molar-refractivity contribution is 7.89. The van der Waals surface area contributed by atoms with Crippen LogP contribution in [0.25, 0.3) is 0 Å². The van der Waals surface area contributed by atoms with Crippen molar-refractivity contribution in [2.75, 3.05) is 18.4 Å². The lowest BCUT2D eigenvalue weighted by Gasteiger charge is -2.18. The summed E-state index contributed by atoms with van der Waals surface area (Å²) in [4.78, 5) is 12.7. The van der Waals surface area contributed by atoms with Crippen molar-refractivity contribution in [3.8, 4) is 5.75 Å². The van der Waals surface area contributed by atoms with Gasteiger partial charge in [0, 0.05) is 18.8 Å². The lowest BCUT2D eigenvalue weighted by atomic mass is 10.1. The van der Waals surface area contributed by atoms with E-state index in [1.807, 2.05) is 32.0 Å². The standard InChI is InChI=1S/C21H26N2O4S/c1-15-7-6-8-20(16(15)2)27-17(3)21(24)22-18-9-11-19(12-10-18)28(25,26)23-13-4-5-14-23/h6-12,17H,4-5,13-14H2,1-3H3,(H,22,24). The van der Waals surface area contributed by atoms with E-state index < -0.39 is 16.1 Å². The number of sulfonamides is 1. The van der Waals surface area contributed by atoms with Crippen LogP contribution in [0.2, 0.25) is 0 Å². The van der Waals surface area contributed by atoms with Crippen molar-refractivity contribution in [2.24, 2.45) is 0 Å². The summed E-state index contributed by atoms with van der Waals surface area (Å²) in [7, 11) is -3.45. The molecule has 1 atom stereocenters. The average molecular weight is 403 g/mol. The van der Waals surface area contributed by atoms with E-state index in [0.29, 0.717) is 24.5 Å². The fraction of sp³-hybridized carbons (Fsp3) is 0.381. The Hall–Kier alpha value is -2.38. The molecule has 2 aromatic rings. The second-order valence-electron chi connectivity index (χ2n) is 7.08. The molecule has 0 saturated carbocycles. The van der Waals surface area contributed by atoms with Gasteiger partial charge in [0.1, 0.15) is 5.75 Å². The Kier molecular flexibility index (Phi) is 6.05. The quantitative estimate of drug-likeness (QED) is 0.802. The number of rotatable bonds is 6. The Morgan fingerprint density at radius 1 is 1.07 bits per heavy atom. The Bertz CT molecular complexity index is 949. The van der Waals surface area contributed by atoms with E-state index in [1.54, 1.807) is 19.1 Å². The molecule has 7 heteroatoms. The third kappa shape index (κ3) is 4.36. The van der Waals surface area contributed by atoms with E-state index in [4.69, 9.17) is 4.74 Å². The molecule has 1 aliphatic rings. The summed E-state index contributed by atoms with van der Waals surface area (Å²) in [6.07, 6.45) is 1.10. The van der Waals surface area contributed by atoms with Crippen LogP contribution in [0, 0.1) is 13.8 Å². The summed E-state index contributed by atoms with van der Waals surface area (Å²) in [5.41, 5.74) is 2.63. The molecule has 1 aliphatic heterocycles. The number of benzene rings is 2. The van der Waals surface area contributed by atoms with Crippen molar-refractivity contribution in [3.05, 3.63) is 53.6 Å². The average Bonchev–Trinajstić information content (AvgIpc) is 3.21. The van der Waals surface area contributed by atoms with E-state index in [9.17, 15) is 13.2 Å². The number of aryl methyl sites for hydroxylation is 1. The summed E-state index contributed by atoms with van der Waals surface area (Å²) < 4.78 is 32.4. The highest BCUT2D eigenvalue weighted by Gasteiger charge is 2.27. The van der Waals surface area contributed by atoms with E-state index in [0.717, 1.165) is 24.0 Å². The van der Waals surface area contributed by atoms with Gasteiger partial charge in [0.25, 0.3) is 5.91 Å². The number of hydrogen-bond acceptors (Lipinski definition) is 4. The zero-order chi connectivity index (χ0) is 20.3. The number of hydrogen-bond donors (Lipinski definition) is 1. The van der Waals surface area contributed by atoms with Crippen molar-refractivity contribution in [3.63, 3.8) is 0 Å². The maximum Gasteiger partial charge on any atom is 0.265 e. The van der Waals surface area contributed by atoms with Gasteiger partial charge in [-0.05, 0) is 75.1 Å². The number of nitrogens with zero attached hydrogens (tertiary/aromatic N) is 1. The fourth-order valence-electron chi connectivity index (χ4n) is 3.13. The van der Waals surface area contributed by atoms with Crippen LogP contribution in [0.3, 0.4) is 0 Å². The minimum Gasteiger partial charge on any atom is -0.481 e. The predicted octanol–water partition coefficient (Wildman–Crippen LogP) is 3.49. The van der Waals surface area contributed by atoms with E-state index in [1.165, 1.54) is 16.4 Å². The Morgan fingerprint density at radius 3 is 2.36 bits per heavy atom. The highest BCUT2D eigenvalue weighted by Crippen LogP contribution is 2.24. The van der Waals surface area contributed by atoms with Crippen molar-refractivity contribution < 1.29 is 17.9 Å². The molecule has 150 valence electrons. The zero-order valence-corrected chi connectivity index (χ0v) is 17.3. The number of carbonyl (C=O) groups is 1. The monoisotopic (exact) mass is 402 g/mol. The minimum atomic E-state index is -3.45. The van der Waals surface area contributed by atoms with Gasteiger partial charge in [0.05, 0.1) is 4.90 Å². The number of nitrogens with one attached hydrogen (secondary N) is 1. The van der Waals surface area contributed by atoms with Crippen LogP contribution in [0.5, 0.6) is 5.75 Å². The summed E-state index contributed by atoms with van der Waals surface area (Å²) in [6.45, 7) is 6.75. The summed E-state index contributed by atoms with van der Waals surface area (Å²) in [5, 5.41) is 2.77. The van der Waals surface area contributed by atoms with Crippen LogP contribution in [0.15, 0.2) is 47.4 Å². The van der Waals surface area contributed by atoms with Gasteiger partial charge in [-0.25, -0.2) is 8.42 Å². The zero-order valence-electron chi connectivity index (χ0n) is 16.4. The van der Waals surface area contributed by atoms with Gasteiger partial charge < -0.3 is 10.1 Å². The summed E-state index contributed by atoms with van der Waals surface area (Å²) >= 11 is 0. The van der Waals surface area contributed by atoms with Crippen LogP contribution < -0.4 is 10.1 Å². The molecule has 1 unspecified atom stereocenters. The molecule has 28 heavy (non-hydrogen) atoms. The first-order valence-corrected chi connectivity index (χ1v) is 10.9. The number of amides is 1. The van der Waals surface area contributed by atoms with Gasteiger partial charge in [0.2, 0.25) is 10.0 Å². The molecule has 1 N–H and O–H groups in total. The second kappa shape index (κ2) is 8.32. The van der Waals surface area contributed by atoms with Gasteiger partial charge in [-0.1, -0.05) is 12.1 Å². The summed E-state index contributed by atoms with van der Waals surface area (Å²) in [5.74, 6) is 0.380. The molecule has 1 amide bonds. The first kappa shape index (κ1) is 20.4. The third-order valence-corrected chi connectivity index (χ3v) is 6.97. The molecule has 1 saturated heterocycles. The van der Waals surface area contributed by atoms with Gasteiger partial charge in [0.15, 0.2) is 6.10 Å². The molecule has 3 rings (SSSR count). The van der Waals surface area contributed by atoms with Crippen molar-refractivity contribution in [1.82, 2.24) is 4.31 Å². The smallest absolute Gasteiger partial charge is 0.265 e. The van der Waals surface area contributed by atoms with Crippen LogP contribution in [-0.4, -0.2) is 37.8 Å². The van der Waals surface area contributed by atoms with Crippen LogP contribution >= 0.6 is 0 Å². The molecule has 2 aromatic carbocycles. The number of ether oxygens (including phenoxy) is 1. The molecule has 6 nitrogen and oxygen atoms in total. The third-order valence-electron chi connectivity index (χ3n) is 5.05. The maximum atomic E-state index is 12.6. The lowest BCUT2D eigenvalue weighted by Crippen LogP contribution is -2.30. The molecule has 0 spiro atoms. The molecule has 0 aromatic heterocycles. The first-order chi connectivity index (χ1) is 13.3. The molecule has 0 bridgehead atoms. The van der Waals surface area contributed by atoms with Gasteiger partial charge in [-0.15, -0.1) is 0 Å². The first-order valence-electron chi connectivity index (χ1n) is 9.43. The molecule has 1 heterocycles.